The van der Waals surface area contributed by atoms with Crippen LogP contribution in [0, 0.1) is 0 Å². The van der Waals surface area contributed by atoms with Crippen molar-refractivity contribution in [1.82, 2.24) is 10.3 Å². The average molecular weight is 356 g/mol. The second-order valence-electron chi connectivity index (χ2n) is 4.41. The zero-order valence-corrected chi connectivity index (χ0v) is 13.9. The van der Waals surface area contributed by atoms with E-state index in [1.54, 1.807) is 0 Å². The Bertz CT molecular complexity index is 822. The van der Waals surface area contributed by atoms with Crippen LogP contribution in [-0.4, -0.2) is 33.5 Å². The molecule has 0 radical (unpaired) electrons. The lowest BCUT2D eigenvalue weighted by atomic mass is 10.2. The maximum Gasteiger partial charge on any atom is 0.263 e. The smallest absolute Gasteiger partial charge is 0.263 e. The molecule has 0 bridgehead atoms. The molecule has 0 saturated heterocycles. The summed E-state index contributed by atoms with van der Waals surface area (Å²) in [5.41, 5.74) is 0.231. The van der Waals surface area contributed by atoms with E-state index in [2.05, 4.69) is 15.0 Å². The van der Waals surface area contributed by atoms with Gasteiger partial charge < -0.3 is 10.1 Å². The Morgan fingerprint density at radius 3 is 2.57 bits per heavy atom. The first-order valence-electron chi connectivity index (χ1n) is 6.42. The molecule has 0 fully saturated rings. The normalized spacial score (nSPS) is 10.9. The quantitative estimate of drug-likeness (QED) is 0.853. The molecular weight excluding hydrogens is 342 g/mol. The van der Waals surface area contributed by atoms with Crippen molar-refractivity contribution in [3.05, 3.63) is 47.1 Å². The molecule has 1 amide bonds. The highest BCUT2D eigenvalue weighted by molar-refractivity contribution is 7.92. The van der Waals surface area contributed by atoms with Crippen LogP contribution < -0.4 is 14.8 Å². The molecule has 1 aromatic heterocycles. The molecule has 23 heavy (non-hydrogen) atoms. The fraction of sp³-hybridized carbons (Fsp3) is 0.143. The van der Waals surface area contributed by atoms with Gasteiger partial charge in [-0.2, -0.15) is 0 Å². The van der Waals surface area contributed by atoms with E-state index in [-0.39, 0.29) is 16.1 Å². The number of halogens is 1. The summed E-state index contributed by atoms with van der Waals surface area (Å²) in [4.78, 5) is 15.7. The van der Waals surface area contributed by atoms with Crippen LogP contribution in [0.3, 0.4) is 0 Å². The Kier molecular flexibility index (Phi) is 5.07. The van der Waals surface area contributed by atoms with E-state index >= 15 is 0 Å². The molecule has 7 nitrogen and oxygen atoms in total. The van der Waals surface area contributed by atoms with E-state index in [9.17, 15) is 13.2 Å². The summed E-state index contributed by atoms with van der Waals surface area (Å²) in [6, 6.07) is 7.06. The predicted molar refractivity (Wildman–Crippen MR) is 86.4 cm³/mol. The van der Waals surface area contributed by atoms with Crippen molar-refractivity contribution in [2.75, 3.05) is 18.9 Å². The zero-order chi connectivity index (χ0) is 17.0. The Balaban J connectivity index is 2.38. The minimum Gasteiger partial charge on any atom is -0.481 e. The monoisotopic (exact) mass is 355 g/mol. The van der Waals surface area contributed by atoms with Crippen LogP contribution in [0.15, 0.2) is 41.4 Å². The van der Waals surface area contributed by atoms with Crippen molar-refractivity contribution < 1.29 is 17.9 Å². The number of pyridine rings is 1. The highest BCUT2D eigenvalue weighted by Gasteiger charge is 2.19. The molecule has 2 aromatic rings. The largest absolute Gasteiger partial charge is 0.481 e. The third-order valence-corrected chi connectivity index (χ3v) is 4.51. The third-order valence-electron chi connectivity index (χ3n) is 2.93. The van der Waals surface area contributed by atoms with Crippen molar-refractivity contribution in [1.29, 1.82) is 0 Å². The Hall–Kier alpha value is -2.32. The maximum atomic E-state index is 12.4. The van der Waals surface area contributed by atoms with Gasteiger partial charge in [0.1, 0.15) is 4.90 Å². The van der Waals surface area contributed by atoms with Crippen LogP contribution in [-0.2, 0) is 10.0 Å². The van der Waals surface area contributed by atoms with Gasteiger partial charge in [-0.15, -0.1) is 0 Å². The van der Waals surface area contributed by atoms with E-state index in [1.807, 2.05) is 0 Å². The topological polar surface area (TPSA) is 97.4 Å². The van der Waals surface area contributed by atoms with E-state index in [0.717, 1.165) is 6.20 Å². The molecule has 0 spiro atoms. The van der Waals surface area contributed by atoms with Gasteiger partial charge in [-0.05, 0) is 24.3 Å². The summed E-state index contributed by atoms with van der Waals surface area (Å²) in [6.07, 6.45) is 1.16. The summed E-state index contributed by atoms with van der Waals surface area (Å²) < 4.78 is 32.0. The summed E-state index contributed by atoms with van der Waals surface area (Å²) in [5.74, 6) is -0.167. The highest BCUT2D eigenvalue weighted by atomic mass is 35.5. The number of carbonyl (C=O) groups excluding carboxylic acids is 1. The fourth-order valence-corrected chi connectivity index (χ4v) is 2.97. The van der Waals surface area contributed by atoms with Gasteiger partial charge >= 0.3 is 0 Å². The van der Waals surface area contributed by atoms with Crippen molar-refractivity contribution in [3.8, 4) is 5.88 Å². The Morgan fingerprint density at radius 2 is 2.00 bits per heavy atom. The van der Waals surface area contributed by atoms with Crippen LogP contribution >= 0.6 is 11.6 Å². The molecule has 9 heteroatoms. The van der Waals surface area contributed by atoms with E-state index in [1.165, 1.54) is 44.5 Å². The van der Waals surface area contributed by atoms with E-state index in [0.29, 0.717) is 10.9 Å². The summed E-state index contributed by atoms with van der Waals surface area (Å²) in [7, 11) is -1.04. The lowest BCUT2D eigenvalue weighted by Crippen LogP contribution is -2.21. The van der Waals surface area contributed by atoms with Crippen molar-refractivity contribution in [2.45, 2.75) is 4.90 Å². The molecule has 0 saturated carbocycles. The van der Waals surface area contributed by atoms with Gasteiger partial charge in [-0.3, -0.25) is 9.52 Å². The predicted octanol–water partition coefficient (Wildman–Crippen LogP) is 1.90. The van der Waals surface area contributed by atoms with Crippen LogP contribution in [0.1, 0.15) is 10.4 Å². The fourth-order valence-electron chi connectivity index (χ4n) is 1.78. The van der Waals surface area contributed by atoms with Gasteiger partial charge in [0.15, 0.2) is 0 Å². The average Bonchev–Trinajstić information content (AvgIpc) is 2.55. The van der Waals surface area contributed by atoms with Gasteiger partial charge in [0.25, 0.3) is 15.9 Å². The van der Waals surface area contributed by atoms with Gasteiger partial charge in [-0.25, -0.2) is 13.4 Å². The Morgan fingerprint density at radius 1 is 1.26 bits per heavy atom. The number of sulfonamides is 1. The SMILES string of the molecule is CNC(=O)c1cc(Cl)ccc1NS(=O)(=O)c1ccc(OC)nc1. The number of aromatic nitrogens is 1. The van der Waals surface area contributed by atoms with Crippen molar-refractivity contribution in [2.24, 2.45) is 0 Å². The molecule has 2 rings (SSSR count). The van der Waals surface area contributed by atoms with E-state index in [4.69, 9.17) is 16.3 Å². The number of nitrogens with zero attached hydrogens (tertiary/aromatic N) is 1. The van der Waals surface area contributed by atoms with Crippen LogP contribution in [0.2, 0.25) is 5.02 Å². The molecule has 2 N–H and O–H groups in total. The summed E-state index contributed by atoms with van der Waals surface area (Å²) >= 11 is 5.86. The molecule has 122 valence electrons. The van der Waals surface area contributed by atoms with Crippen molar-refractivity contribution >= 4 is 33.2 Å². The number of amides is 1. The Labute approximate surface area is 138 Å². The number of hydrogen-bond acceptors (Lipinski definition) is 5. The van der Waals surface area contributed by atoms with Crippen molar-refractivity contribution in [3.63, 3.8) is 0 Å². The molecule has 1 heterocycles. The first kappa shape index (κ1) is 17.0. The lowest BCUT2D eigenvalue weighted by molar-refractivity contribution is 0.0964. The standard InChI is InChI=1S/C14H14ClN3O4S/c1-16-14(19)11-7-9(15)3-5-12(11)18-23(20,21)10-4-6-13(22-2)17-8-10/h3-8,18H,1-2H3,(H,16,19). The minimum absolute atomic E-state index is 0.0592. The highest BCUT2D eigenvalue weighted by Crippen LogP contribution is 2.24. The number of benzene rings is 1. The number of ether oxygens (including phenoxy) is 1. The second kappa shape index (κ2) is 6.84. The van der Waals surface area contributed by atoms with E-state index < -0.39 is 15.9 Å². The van der Waals surface area contributed by atoms with Gasteiger partial charge in [0, 0.05) is 18.1 Å². The maximum absolute atomic E-state index is 12.4. The van der Waals surface area contributed by atoms with Gasteiger partial charge in [-0.1, -0.05) is 11.6 Å². The minimum atomic E-state index is -3.91. The summed E-state index contributed by atoms with van der Waals surface area (Å²) in [6.45, 7) is 0. The number of methoxy groups -OCH3 is 1. The van der Waals surface area contributed by atoms with Gasteiger partial charge in [0.05, 0.1) is 24.6 Å². The number of anilines is 1. The van der Waals surface area contributed by atoms with Crippen LogP contribution in [0.25, 0.3) is 0 Å². The molecule has 0 aliphatic carbocycles. The van der Waals surface area contributed by atoms with Gasteiger partial charge in [0.2, 0.25) is 5.88 Å². The first-order chi connectivity index (χ1) is 10.9. The zero-order valence-electron chi connectivity index (χ0n) is 12.3. The number of hydrogen-bond donors (Lipinski definition) is 2. The molecule has 1 aromatic carbocycles. The number of nitrogens with one attached hydrogen (secondary N) is 2. The van der Waals surface area contributed by atoms with Crippen LogP contribution in [0.5, 0.6) is 5.88 Å². The number of carbonyl (C=O) groups is 1. The molecule has 0 atom stereocenters. The molecule has 0 unspecified atom stereocenters. The van der Waals surface area contributed by atoms with Crippen LogP contribution in [0.4, 0.5) is 5.69 Å². The molecule has 0 aliphatic rings. The number of rotatable bonds is 5. The molecule has 0 aliphatic heterocycles. The molecular formula is C14H14ClN3O4S. The second-order valence-corrected chi connectivity index (χ2v) is 6.53. The lowest BCUT2D eigenvalue weighted by Gasteiger charge is -2.12. The summed E-state index contributed by atoms with van der Waals surface area (Å²) in [5, 5.41) is 2.75. The third kappa shape index (κ3) is 3.91. The first-order valence-corrected chi connectivity index (χ1v) is 8.28.